The number of aromatic nitrogens is 2. The molecule has 138 valence electrons. The molecule has 2 heterocycles. The van der Waals surface area contributed by atoms with E-state index in [1.165, 1.54) is 5.56 Å². The molecule has 1 aromatic heterocycles. The summed E-state index contributed by atoms with van der Waals surface area (Å²) in [7, 11) is 0. The number of anilines is 2. The van der Waals surface area contributed by atoms with Gasteiger partial charge in [-0.25, -0.2) is 9.97 Å². The second-order valence-corrected chi connectivity index (χ2v) is 6.72. The largest absolute Gasteiger partial charge is 0.370 e. The maximum atomic E-state index is 12.6. The molecule has 3 rings (SSSR count). The van der Waals surface area contributed by atoms with E-state index in [1.807, 2.05) is 30.0 Å². The van der Waals surface area contributed by atoms with Gasteiger partial charge in [-0.1, -0.05) is 29.8 Å². The van der Waals surface area contributed by atoms with Crippen LogP contribution in [0.4, 0.5) is 11.6 Å². The van der Waals surface area contributed by atoms with E-state index in [9.17, 15) is 4.79 Å². The summed E-state index contributed by atoms with van der Waals surface area (Å²) in [5.41, 5.74) is 2.27. The van der Waals surface area contributed by atoms with Crippen LogP contribution in [0.3, 0.4) is 0 Å². The summed E-state index contributed by atoms with van der Waals surface area (Å²) in [4.78, 5) is 25.7. The number of aryl methyl sites for hydroxylation is 2. The number of amides is 1. The van der Waals surface area contributed by atoms with Crippen molar-refractivity contribution < 1.29 is 4.79 Å². The van der Waals surface area contributed by atoms with E-state index in [0.717, 1.165) is 55.7 Å². The molecule has 2 aromatic rings. The summed E-state index contributed by atoms with van der Waals surface area (Å²) in [6.45, 7) is 9.88. The van der Waals surface area contributed by atoms with Crippen molar-refractivity contribution in [2.45, 2.75) is 27.2 Å². The molecule has 6 nitrogen and oxygen atoms in total. The van der Waals surface area contributed by atoms with Crippen LogP contribution >= 0.6 is 0 Å². The summed E-state index contributed by atoms with van der Waals surface area (Å²) < 4.78 is 0. The van der Waals surface area contributed by atoms with Gasteiger partial charge in [-0.2, -0.15) is 0 Å². The van der Waals surface area contributed by atoms with E-state index in [1.54, 1.807) is 0 Å². The van der Waals surface area contributed by atoms with Gasteiger partial charge in [0.25, 0.3) is 0 Å². The van der Waals surface area contributed by atoms with Gasteiger partial charge in [-0.05, 0) is 26.3 Å². The normalized spacial score (nSPS) is 14.4. The summed E-state index contributed by atoms with van der Waals surface area (Å²) in [5, 5.41) is 3.24. The molecule has 1 fully saturated rings. The van der Waals surface area contributed by atoms with E-state index in [2.05, 4.69) is 46.2 Å². The lowest BCUT2D eigenvalue weighted by molar-refractivity contribution is -0.130. The molecule has 26 heavy (non-hydrogen) atoms. The molecule has 1 aromatic carbocycles. The Balaban J connectivity index is 1.59. The van der Waals surface area contributed by atoms with Crippen LogP contribution in [0, 0.1) is 13.8 Å². The molecule has 1 saturated heterocycles. The summed E-state index contributed by atoms with van der Waals surface area (Å²) in [5.74, 6) is 2.74. The molecule has 0 atom stereocenters. The summed E-state index contributed by atoms with van der Waals surface area (Å²) in [6.07, 6.45) is 0.471. The highest BCUT2D eigenvalue weighted by Crippen LogP contribution is 2.18. The lowest BCUT2D eigenvalue weighted by atomic mass is 10.1. The number of carbonyl (C=O) groups excluding carboxylic acids is 1. The first-order valence-electron chi connectivity index (χ1n) is 9.23. The van der Waals surface area contributed by atoms with Crippen LogP contribution < -0.4 is 10.2 Å². The van der Waals surface area contributed by atoms with Crippen molar-refractivity contribution in [3.05, 3.63) is 47.3 Å². The third kappa shape index (κ3) is 4.50. The van der Waals surface area contributed by atoms with Crippen molar-refractivity contribution in [1.82, 2.24) is 14.9 Å². The van der Waals surface area contributed by atoms with Crippen molar-refractivity contribution in [2.75, 3.05) is 42.9 Å². The number of benzene rings is 1. The van der Waals surface area contributed by atoms with Crippen LogP contribution in [0.2, 0.25) is 0 Å². The van der Waals surface area contributed by atoms with Gasteiger partial charge in [-0.3, -0.25) is 4.79 Å². The Kier molecular flexibility index (Phi) is 5.71. The molecule has 1 amide bonds. The van der Waals surface area contributed by atoms with Crippen LogP contribution in [0.25, 0.3) is 0 Å². The van der Waals surface area contributed by atoms with Crippen molar-refractivity contribution in [3.63, 3.8) is 0 Å². The first-order valence-corrected chi connectivity index (χ1v) is 9.23. The number of piperazine rings is 1. The van der Waals surface area contributed by atoms with Crippen LogP contribution in [-0.2, 0) is 11.2 Å². The molecule has 0 unspecified atom stereocenters. The molecule has 1 aliphatic rings. The second-order valence-electron chi connectivity index (χ2n) is 6.72. The lowest BCUT2D eigenvalue weighted by Gasteiger charge is -2.35. The lowest BCUT2D eigenvalue weighted by Crippen LogP contribution is -2.49. The van der Waals surface area contributed by atoms with Gasteiger partial charge in [0.1, 0.15) is 17.5 Å². The first kappa shape index (κ1) is 18.2. The van der Waals surface area contributed by atoms with Crippen molar-refractivity contribution in [2.24, 2.45) is 0 Å². The van der Waals surface area contributed by atoms with E-state index in [0.29, 0.717) is 6.42 Å². The van der Waals surface area contributed by atoms with E-state index < -0.39 is 0 Å². The smallest absolute Gasteiger partial charge is 0.227 e. The quantitative estimate of drug-likeness (QED) is 0.894. The predicted molar refractivity (Wildman–Crippen MR) is 105 cm³/mol. The van der Waals surface area contributed by atoms with Crippen LogP contribution in [0.1, 0.15) is 23.9 Å². The molecule has 6 heteroatoms. The maximum absolute atomic E-state index is 12.6. The Morgan fingerprint density at radius 1 is 1.12 bits per heavy atom. The highest BCUT2D eigenvalue weighted by molar-refractivity contribution is 5.79. The number of hydrogen-bond donors (Lipinski definition) is 1. The zero-order valence-electron chi connectivity index (χ0n) is 15.8. The van der Waals surface area contributed by atoms with Crippen LogP contribution in [0.5, 0.6) is 0 Å². The zero-order valence-corrected chi connectivity index (χ0v) is 15.8. The number of nitrogens with one attached hydrogen (secondary N) is 1. The molecule has 1 aliphatic heterocycles. The molecule has 0 saturated carbocycles. The Morgan fingerprint density at radius 3 is 2.58 bits per heavy atom. The standard InChI is InChI=1S/C20H27N5O/c1-4-21-18-14-19(23-16(3)22-18)24-8-10-25(11-9-24)20(26)13-17-7-5-6-15(2)12-17/h5-7,12,14H,4,8-11,13H2,1-3H3,(H,21,22,23). The number of carbonyl (C=O) groups is 1. The number of hydrogen-bond acceptors (Lipinski definition) is 5. The van der Waals surface area contributed by atoms with Gasteiger partial charge in [0.15, 0.2) is 0 Å². The first-order chi connectivity index (χ1) is 12.5. The third-order valence-electron chi connectivity index (χ3n) is 4.58. The molecule has 0 spiro atoms. The van der Waals surface area contributed by atoms with Crippen LogP contribution in [-0.4, -0.2) is 53.5 Å². The van der Waals surface area contributed by atoms with Crippen molar-refractivity contribution in [3.8, 4) is 0 Å². The fourth-order valence-corrected chi connectivity index (χ4v) is 3.28. The van der Waals surface area contributed by atoms with Crippen molar-refractivity contribution >= 4 is 17.5 Å². The van der Waals surface area contributed by atoms with E-state index in [-0.39, 0.29) is 5.91 Å². The van der Waals surface area contributed by atoms with Crippen LogP contribution in [0.15, 0.2) is 30.3 Å². The topological polar surface area (TPSA) is 61.4 Å². The van der Waals surface area contributed by atoms with E-state index >= 15 is 0 Å². The molecule has 0 bridgehead atoms. The Labute approximate surface area is 155 Å². The van der Waals surface area contributed by atoms with Crippen molar-refractivity contribution in [1.29, 1.82) is 0 Å². The fraction of sp³-hybridized carbons (Fsp3) is 0.450. The average Bonchev–Trinajstić information content (AvgIpc) is 2.62. The summed E-state index contributed by atoms with van der Waals surface area (Å²) >= 11 is 0. The Morgan fingerprint density at radius 2 is 1.88 bits per heavy atom. The minimum absolute atomic E-state index is 0.197. The Bertz CT molecular complexity index is 769. The SMILES string of the molecule is CCNc1cc(N2CCN(C(=O)Cc3cccc(C)c3)CC2)nc(C)n1. The second kappa shape index (κ2) is 8.17. The average molecular weight is 353 g/mol. The third-order valence-corrected chi connectivity index (χ3v) is 4.58. The van der Waals surface area contributed by atoms with Gasteiger partial charge in [0, 0.05) is 38.8 Å². The minimum atomic E-state index is 0.197. The molecule has 0 aliphatic carbocycles. The minimum Gasteiger partial charge on any atom is -0.370 e. The highest BCUT2D eigenvalue weighted by atomic mass is 16.2. The Hall–Kier alpha value is -2.63. The van der Waals surface area contributed by atoms with Gasteiger partial charge in [-0.15, -0.1) is 0 Å². The zero-order chi connectivity index (χ0) is 18.5. The number of nitrogens with zero attached hydrogens (tertiary/aromatic N) is 4. The van der Waals surface area contributed by atoms with Gasteiger partial charge >= 0.3 is 0 Å². The molecule has 1 N–H and O–H groups in total. The fourth-order valence-electron chi connectivity index (χ4n) is 3.28. The monoisotopic (exact) mass is 353 g/mol. The van der Waals surface area contributed by atoms with Gasteiger partial charge in [0.05, 0.1) is 6.42 Å². The molecular formula is C20H27N5O. The molecular weight excluding hydrogens is 326 g/mol. The highest BCUT2D eigenvalue weighted by Gasteiger charge is 2.22. The maximum Gasteiger partial charge on any atom is 0.227 e. The van der Waals surface area contributed by atoms with Gasteiger partial charge in [0.2, 0.25) is 5.91 Å². The number of rotatable bonds is 5. The van der Waals surface area contributed by atoms with Gasteiger partial charge < -0.3 is 15.1 Å². The van der Waals surface area contributed by atoms with E-state index in [4.69, 9.17) is 0 Å². The molecule has 0 radical (unpaired) electrons. The predicted octanol–water partition coefficient (Wildman–Crippen LogP) is 2.42. The summed E-state index contributed by atoms with van der Waals surface area (Å²) in [6, 6.07) is 10.2.